The maximum atomic E-state index is 12.9. The molecule has 134 valence electrons. The minimum absolute atomic E-state index is 0.0343. The van der Waals surface area contributed by atoms with Gasteiger partial charge in [-0.2, -0.15) is 4.98 Å². The fourth-order valence-electron chi connectivity index (χ4n) is 3.10. The molecule has 6 heteroatoms. The molecule has 6 nitrogen and oxygen atoms in total. The fourth-order valence-corrected chi connectivity index (χ4v) is 3.10. The third-order valence-electron chi connectivity index (χ3n) is 4.53. The van der Waals surface area contributed by atoms with Gasteiger partial charge in [-0.25, -0.2) is 4.79 Å². The molecule has 0 unspecified atom stereocenters. The van der Waals surface area contributed by atoms with Crippen LogP contribution in [0.15, 0.2) is 63.8 Å². The normalized spacial score (nSPS) is 11.1. The van der Waals surface area contributed by atoms with Crippen molar-refractivity contribution in [2.24, 2.45) is 0 Å². The quantitative estimate of drug-likeness (QED) is 0.540. The highest BCUT2D eigenvalue weighted by Crippen LogP contribution is 2.22. The van der Waals surface area contributed by atoms with Gasteiger partial charge >= 0.3 is 5.97 Å². The zero-order valence-corrected chi connectivity index (χ0v) is 14.3. The Bertz CT molecular complexity index is 1230. The van der Waals surface area contributed by atoms with Crippen LogP contribution in [0.5, 0.6) is 0 Å². The van der Waals surface area contributed by atoms with Crippen molar-refractivity contribution < 1.29 is 14.3 Å². The molecule has 4 rings (SSSR count). The Morgan fingerprint density at radius 3 is 2.48 bits per heavy atom. The smallest absolute Gasteiger partial charge is 0.339 e. The number of carbonyl (C=O) groups is 1. The first-order chi connectivity index (χ1) is 13.0. The summed E-state index contributed by atoms with van der Waals surface area (Å²) in [4.78, 5) is 28.1. The number of fused-ring (bicyclic) bond motifs is 2. The van der Waals surface area contributed by atoms with Crippen molar-refractivity contribution >= 4 is 33.9 Å². The van der Waals surface area contributed by atoms with Crippen molar-refractivity contribution in [1.82, 2.24) is 4.98 Å². The van der Waals surface area contributed by atoms with Crippen molar-refractivity contribution in [3.63, 3.8) is 0 Å². The number of carboxylic acids is 1. The first kappa shape index (κ1) is 16.8. The Morgan fingerprint density at radius 1 is 1.00 bits per heavy atom. The van der Waals surface area contributed by atoms with Crippen molar-refractivity contribution in [1.29, 1.82) is 0 Å². The van der Waals surface area contributed by atoms with Crippen LogP contribution < -0.4 is 11.2 Å². The van der Waals surface area contributed by atoms with Gasteiger partial charge in [-0.15, -0.1) is 0 Å². The number of carboxylic acid groups (broad SMARTS) is 1. The Morgan fingerprint density at radius 2 is 1.74 bits per heavy atom. The van der Waals surface area contributed by atoms with Gasteiger partial charge in [0.2, 0.25) is 11.1 Å². The predicted molar refractivity (Wildman–Crippen MR) is 103 cm³/mol. The van der Waals surface area contributed by atoms with Gasteiger partial charge in [0.15, 0.2) is 0 Å². The summed E-state index contributed by atoms with van der Waals surface area (Å²) in [5, 5.41) is 9.70. The van der Waals surface area contributed by atoms with E-state index < -0.39 is 5.97 Å². The second-order valence-corrected chi connectivity index (χ2v) is 6.33. The maximum absolute atomic E-state index is 12.9. The van der Waals surface area contributed by atoms with Crippen LogP contribution in [0.25, 0.3) is 22.1 Å². The van der Waals surface area contributed by atoms with Gasteiger partial charge in [0.25, 0.3) is 0 Å². The van der Waals surface area contributed by atoms with Crippen LogP contribution in [-0.2, 0) is 12.8 Å². The van der Waals surface area contributed by atoms with Crippen LogP contribution in [0.1, 0.15) is 21.5 Å². The molecule has 27 heavy (non-hydrogen) atoms. The van der Waals surface area contributed by atoms with Crippen LogP contribution in [0.3, 0.4) is 0 Å². The molecule has 0 radical (unpaired) electrons. The molecule has 0 aliphatic heterocycles. The molecule has 4 aromatic rings. The van der Waals surface area contributed by atoms with Gasteiger partial charge in [-0.3, -0.25) is 4.79 Å². The molecular formula is C21H16N2O4. The first-order valence-electron chi connectivity index (χ1n) is 8.46. The highest BCUT2D eigenvalue weighted by atomic mass is 16.4. The summed E-state index contributed by atoms with van der Waals surface area (Å²) in [5.41, 5.74) is 7.76. The number of aromatic carboxylic acids is 1. The number of benzene rings is 2. The minimum atomic E-state index is -1.24. The first-order valence-corrected chi connectivity index (χ1v) is 8.46. The molecule has 0 amide bonds. The van der Waals surface area contributed by atoms with E-state index in [1.165, 1.54) is 11.6 Å². The lowest BCUT2D eigenvalue weighted by atomic mass is 10.0. The fraction of sp³-hybridized carbons (Fsp3) is 0.0952. The lowest BCUT2D eigenvalue weighted by Gasteiger charge is -2.06. The molecule has 0 aliphatic rings. The number of hydrogen-bond donors (Lipinski definition) is 2. The number of aryl methyl sites for hydroxylation is 2. The number of nitrogens with zero attached hydrogens (tertiary/aromatic N) is 1. The molecular weight excluding hydrogens is 344 g/mol. The topological polar surface area (TPSA) is 106 Å². The standard InChI is InChI=1S/C21H16N2O4/c22-19-16(21(25)26)11-15-18(24)14-10-13(7-6-12-4-2-1-3-5-12)8-9-17(14)27-20(15)23-19/h1-5,8-11H,6-7H2,(H2,22,23)(H,25,26). The van der Waals surface area contributed by atoms with E-state index in [1.54, 1.807) is 12.1 Å². The summed E-state index contributed by atoms with van der Waals surface area (Å²) in [6.07, 6.45) is 1.63. The summed E-state index contributed by atoms with van der Waals surface area (Å²) in [6.45, 7) is 0. The van der Waals surface area contributed by atoms with E-state index in [0.717, 1.165) is 18.4 Å². The van der Waals surface area contributed by atoms with Gasteiger partial charge in [0.05, 0.1) is 10.8 Å². The second-order valence-electron chi connectivity index (χ2n) is 6.33. The number of hydrogen-bond acceptors (Lipinski definition) is 5. The van der Waals surface area contributed by atoms with Crippen LogP contribution in [0.4, 0.5) is 5.82 Å². The van der Waals surface area contributed by atoms with Gasteiger partial charge in [0, 0.05) is 0 Å². The van der Waals surface area contributed by atoms with Crippen molar-refractivity contribution in [2.45, 2.75) is 12.8 Å². The third kappa shape index (κ3) is 3.13. The Balaban J connectivity index is 1.79. The Hall–Kier alpha value is -3.67. The molecule has 2 heterocycles. The van der Waals surface area contributed by atoms with Crippen molar-refractivity contribution in [3.05, 3.63) is 81.5 Å². The van der Waals surface area contributed by atoms with Crippen molar-refractivity contribution in [2.75, 3.05) is 5.73 Å². The summed E-state index contributed by atoms with van der Waals surface area (Å²) in [6, 6.07) is 16.8. The number of anilines is 1. The van der Waals surface area contributed by atoms with E-state index in [0.29, 0.717) is 11.0 Å². The molecule has 0 bridgehead atoms. The van der Waals surface area contributed by atoms with E-state index in [9.17, 15) is 14.7 Å². The SMILES string of the molecule is Nc1nc2oc3ccc(CCc4ccccc4)cc3c(=O)c2cc1C(=O)O. The number of pyridine rings is 1. The Labute approximate surface area is 153 Å². The maximum Gasteiger partial charge on any atom is 0.339 e. The summed E-state index contributed by atoms with van der Waals surface area (Å²) in [7, 11) is 0. The van der Waals surface area contributed by atoms with Crippen LogP contribution in [0.2, 0.25) is 0 Å². The molecule has 0 atom stereocenters. The zero-order valence-electron chi connectivity index (χ0n) is 14.3. The van der Waals surface area contributed by atoms with Crippen LogP contribution >= 0.6 is 0 Å². The summed E-state index contributed by atoms with van der Waals surface area (Å²) >= 11 is 0. The Kier molecular flexibility index (Phi) is 4.08. The molecule has 0 fully saturated rings. The van der Waals surface area contributed by atoms with Crippen LogP contribution in [-0.4, -0.2) is 16.1 Å². The number of rotatable bonds is 4. The van der Waals surface area contributed by atoms with E-state index in [-0.39, 0.29) is 27.9 Å². The molecule has 0 saturated carbocycles. The average molecular weight is 360 g/mol. The van der Waals surface area contributed by atoms with E-state index in [4.69, 9.17) is 10.2 Å². The van der Waals surface area contributed by atoms with Gasteiger partial charge in [0.1, 0.15) is 17.0 Å². The van der Waals surface area contributed by atoms with E-state index in [2.05, 4.69) is 17.1 Å². The molecule has 0 aliphatic carbocycles. The highest BCUT2D eigenvalue weighted by molar-refractivity contribution is 5.98. The van der Waals surface area contributed by atoms with Crippen LogP contribution in [0, 0.1) is 0 Å². The number of nitrogen functional groups attached to an aromatic ring is 1. The molecule has 3 N–H and O–H groups in total. The van der Waals surface area contributed by atoms with E-state index >= 15 is 0 Å². The molecule has 0 spiro atoms. The zero-order chi connectivity index (χ0) is 19.0. The number of nitrogens with two attached hydrogens (primary N) is 1. The molecule has 2 aromatic carbocycles. The average Bonchev–Trinajstić information content (AvgIpc) is 2.67. The molecule has 0 saturated heterocycles. The van der Waals surface area contributed by atoms with Gasteiger partial charge in [-0.1, -0.05) is 36.4 Å². The minimum Gasteiger partial charge on any atom is -0.478 e. The van der Waals surface area contributed by atoms with E-state index in [1.807, 2.05) is 24.3 Å². The second kappa shape index (κ2) is 6.57. The molecule has 2 aromatic heterocycles. The van der Waals surface area contributed by atoms with Gasteiger partial charge < -0.3 is 15.3 Å². The lowest BCUT2D eigenvalue weighted by molar-refractivity contribution is 0.0698. The number of aromatic nitrogens is 1. The monoisotopic (exact) mass is 360 g/mol. The summed E-state index contributed by atoms with van der Waals surface area (Å²) in [5.74, 6) is -1.42. The van der Waals surface area contributed by atoms with Gasteiger partial charge in [-0.05, 0) is 42.2 Å². The summed E-state index contributed by atoms with van der Waals surface area (Å²) < 4.78 is 5.68. The third-order valence-corrected chi connectivity index (χ3v) is 4.53. The lowest BCUT2D eigenvalue weighted by Crippen LogP contribution is -2.09. The van der Waals surface area contributed by atoms with Crippen molar-refractivity contribution in [3.8, 4) is 0 Å². The highest BCUT2D eigenvalue weighted by Gasteiger charge is 2.16. The largest absolute Gasteiger partial charge is 0.478 e. The predicted octanol–water partition coefficient (Wildman–Crippen LogP) is 3.41.